The molecule has 0 saturated carbocycles. The van der Waals surface area contributed by atoms with Crippen molar-refractivity contribution >= 4 is 11.6 Å². The second-order valence-corrected chi connectivity index (χ2v) is 4.53. The Kier molecular flexibility index (Phi) is 4.16. The quantitative estimate of drug-likeness (QED) is 0.875. The third-order valence-electron chi connectivity index (χ3n) is 3.08. The van der Waals surface area contributed by atoms with Gasteiger partial charge in [-0.3, -0.25) is 4.98 Å². The molecule has 0 bridgehead atoms. The number of nitrogens with zero attached hydrogens (tertiary/aromatic N) is 1. The van der Waals surface area contributed by atoms with Gasteiger partial charge in [0.15, 0.2) is 0 Å². The van der Waals surface area contributed by atoms with Crippen molar-refractivity contribution in [3.63, 3.8) is 0 Å². The number of pyridine rings is 1. The van der Waals surface area contributed by atoms with Gasteiger partial charge in [0.05, 0.1) is 11.1 Å². The van der Waals surface area contributed by atoms with Crippen LogP contribution in [0.25, 0.3) is 0 Å². The minimum Gasteiger partial charge on any atom is -0.377 e. The minimum atomic E-state index is 0.314. The molecule has 0 radical (unpaired) electrons. The molecule has 0 amide bonds. The second kappa shape index (κ2) is 5.62. The average molecular weight is 241 g/mol. The van der Waals surface area contributed by atoms with E-state index in [0.29, 0.717) is 12.1 Å². The molecule has 1 saturated heterocycles. The Morgan fingerprint density at radius 2 is 2.56 bits per heavy atom. The topological polar surface area (TPSA) is 34.2 Å². The second-order valence-electron chi connectivity index (χ2n) is 4.12. The summed E-state index contributed by atoms with van der Waals surface area (Å²) >= 11 is 6.10. The van der Waals surface area contributed by atoms with Gasteiger partial charge in [-0.25, -0.2) is 0 Å². The predicted octanol–water partition coefficient (Wildman–Crippen LogP) is 2.04. The van der Waals surface area contributed by atoms with Crippen LogP contribution < -0.4 is 5.32 Å². The highest BCUT2D eigenvalue weighted by molar-refractivity contribution is 6.31. The normalized spacial score (nSPS) is 22.2. The Balaban J connectivity index is 2.03. The molecular formula is C12H17ClN2O. The lowest BCUT2D eigenvalue weighted by atomic mass is 10.0. The number of halogens is 1. The van der Waals surface area contributed by atoms with E-state index in [0.717, 1.165) is 36.5 Å². The van der Waals surface area contributed by atoms with Gasteiger partial charge in [0.2, 0.25) is 0 Å². The number of likely N-dealkylation sites (N-methyl/N-ethyl adjacent to an activating group) is 1. The molecule has 1 aliphatic heterocycles. The first-order valence-corrected chi connectivity index (χ1v) is 6.06. The number of aromatic nitrogens is 1. The largest absolute Gasteiger partial charge is 0.377 e. The lowest BCUT2D eigenvalue weighted by Gasteiger charge is -2.22. The summed E-state index contributed by atoms with van der Waals surface area (Å²) in [6.07, 6.45) is 6.97. The number of hydrogen-bond acceptors (Lipinski definition) is 3. The lowest BCUT2D eigenvalue weighted by Crippen LogP contribution is -2.39. The average Bonchev–Trinajstić information content (AvgIpc) is 2.81. The van der Waals surface area contributed by atoms with Crippen molar-refractivity contribution in [2.24, 2.45) is 0 Å². The molecule has 2 heterocycles. The van der Waals surface area contributed by atoms with E-state index in [1.165, 1.54) is 0 Å². The van der Waals surface area contributed by atoms with Gasteiger partial charge < -0.3 is 10.1 Å². The smallest absolute Gasteiger partial charge is 0.0732 e. The highest BCUT2D eigenvalue weighted by atomic mass is 35.5. The number of nitrogens with one attached hydrogen (secondary N) is 1. The highest BCUT2D eigenvalue weighted by Gasteiger charge is 2.25. The van der Waals surface area contributed by atoms with E-state index >= 15 is 0 Å². The Labute approximate surface area is 101 Å². The molecular weight excluding hydrogens is 224 g/mol. The summed E-state index contributed by atoms with van der Waals surface area (Å²) in [5.74, 6) is 0. The molecule has 1 aromatic rings. The molecule has 2 atom stereocenters. The van der Waals surface area contributed by atoms with E-state index in [4.69, 9.17) is 16.3 Å². The highest BCUT2D eigenvalue weighted by Crippen LogP contribution is 2.21. The van der Waals surface area contributed by atoms with Crippen molar-refractivity contribution < 1.29 is 4.74 Å². The fraction of sp³-hybridized carbons (Fsp3) is 0.583. The molecule has 2 rings (SSSR count). The molecule has 1 aromatic heterocycles. The molecule has 0 aliphatic carbocycles. The van der Waals surface area contributed by atoms with Gasteiger partial charge in [-0.2, -0.15) is 0 Å². The van der Waals surface area contributed by atoms with Crippen LogP contribution in [0.5, 0.6) is 0 Å². The van der Waals surface area contributed by atoms with E-state index < -0.39 is 0 Å². The van der Waals surface area contributed by atoms with Crippen LogP contribution in [0.1, 0.15) is 18.4 Å². The third kappa shape index (κ3) is 2.73. The van der Waals surface area contributed by atoms with Gasteiger partial charge in [0.1, 0.15) is 0 Å². The maximum absolute atomic E-state index is 6.10. The molecule has 4 heteroatoms. The number of ether oxygens (including phenoxy) is 1. The van der Waals surface area contributed by atoms with Crippen LogP contribution >= 0.6 is 11.6 Å². The van der Waals surface area contributed by atoms with Gasteiger partial charge in [-0.1, -0.05) is 11.6 Å². The summed E-state index contributed by atoms with van der Waals surface area (Å²) in [4.78, 5) is 3.99. The minimum absolute atomic E-state index is 0.314. The summed E-state index contributed by atoms with van der Waals surface area (Å²) in [5.41, 5.74) is 1.13. The van der Waals surface area contributed by atoms with Gasteiger partial charge in [-0.05, 0) is 37.9 Å². The summed E-state index contributed by atoms with van der Waals surface area (Å²) < 4.78 is 5.70. The first kappa shape index (κ1) is 11.8. The monoisotopic (exact) mass is 240 g/mol. The molecule has 3 nitrogen and oxygen atoms in total. The molecule has 1 aliphatic rings. The molecule has 1 fully saturated rings. The van der Waals surface area contributed by atoms with E-state index in [2.05, 4.69) is 10.3 Å². The first-order chi connectivity index (χ1) is 7.81. The zero-order valence-electron chi connectivity index (χ0n) is 9.45. The standard InChI is InChI=1S/C12H17ClN2O/c1-14-11(12-3-2-6-16-12)7-9-4-5-15-8-10(9)13/h4-5,8,11-12,14H,2-3,6-7H2,1H3. The SMILES string of the molecule is CNC(Cc1ccncc1Cl)C1CCCO1. The van der Waals surface area contributed by atoms with E-state index in [9.17, 15) is 0 Å². The van der Waals surface area contributed by atoms with Crippen LogP contribution in [-0.2, 0) is 11.2 Å². The summed E-state index contributed by atoms with van der Waals surface area (Å²) in [5, 5.41) is 4.05. The number of rotatable bonds is 4. The predicted molar refractivity (Wildman–Crippen MR) is 64.8 cm³/mol. The summed E-state index contributed by atoms with van der Waals surface area (Å²) in [7, 11) is 1.97. The Hall–Kier alpha value is -0.640. The Morgan fingerprint density at radius 1 is 1.69 bits per heavy atom. The first-order valence-electron chi connectivity index (χ1n) is 5.68. The van der Waals surface area contributed by atoms with Crippen molar-refractivity contribution in [2.75, 3.05) is 13.7 Å². The molecule has 1 N–H and O–H groups in total. The van der Waals surface area contributed by atoms with Crippen LogP contribution in [0.4, 0.5) is 0 Å². The van der Waals surface area contributed by atoms with Gasteiger partial charge in [-0.15, -0.1) is 0 Å². The van der Waals surface area contributed by atoms with Crippen molar-refractivity contribution in [3.05, 3.63) is 29.0 Å². The third-order valence-corrected chi connectivity index (χ3v) is 3.42. The van der Waals surface area contributed by atoms with Crippen molar-refractivity contribution in [1.29, 1.82) is 0 Å². The van der Waals surface area contributed by atoms with E-state index in [1.54, 1.807) is 12.4 Å². The zero-order valence-corrected chi connectivity index (χ0v) is 10.2. The molecule has 88 valence electrons. The van der Waals surface area contributed by atoms with Crippen LogP contribution in [0.3, 0.4) is 0 Å². The molecule has 16 heavy (non-hydrogen) atoms. The summed E-state index contributed by atoms with van der Waals surface area (Å²) in [6.45, 7) is 0.882. The van der Waals surface area contributed by atoms with Crippen LogP contribution in [-0.4, -0.2) is 30.8 Å². The Bertz CT molecular complexity index is 340. The summed E-state index contributed by atoms with van der Waals surface area (Å²) in [6, 6.07) is 2.31. The lowest BCUT2D eigenvalue weighted by molar-refractivity contribution is 0.0808. The van der Waals surface area contributed by atoms with Crippen LogP contribution in [0, 0.1) is 0 Å². The van der Waals surface area contributed by atoms with Crippen molar-refractivity contribution in [3.8, 4) is 0 Å². The van der Waals surface area contributed by atoms with E-state index in [-0.39, 0.29) is 0 Å². The van der Waals surface area contributed by atoms with Crippen molar-refractivity contribution in [1.82, 2.24) is 10.3 Å². The van der Waals surface area contributed by atoms with E-state index in [1.807, 2.05) is 13.1 Å². The van der Waals surface area contributed by atoms with Gasteiger partial charge >= 0.3 is 0 Å². The zero-order chi connectivity index (χ0) is 11.4. The molecule has 2 unspecified atom stereocenters. The molecule has 0 spiro atoms. The molecule has 0 aromatic carbocycles. The van der Waals surface area contributed by atoms with Crippen LogP contribution in [0.15, 0.2) is 18.5 Å². The van der Waals surface area contributed by atoms with Gasteiger partial charge in [0.25, 0.3) is 0 Å². The maximum Gasteiger partial charge on any atom is 0.0732 e. The van der Waals surface area contributed by atoms with Gasteiger partial charge in [0, 0.05) is 25.0 Å². The Morgan fingerprint density at radius 3 is 3.19 bits per heavy atom. The fourth-order valence-corrected chi connectivity index (χ4v) is 2.34. The maximum atomic E-state index is 6.10. The fourth-order valence-electron chi connectivity index (χ4n) is 2.15. The van der Waals surface area contributed by atoms with Crippen molar-refractivity contribution in [2.45, 2.75) is 31.4 Å². The number of hydrogen-bond donors (Lipinski definition) is 1. The van der Waals surface area contributed by atoms with Crippen LogP contribution in [0.2, 0.25) is 5.02 Å².